The number of rotatable bonds is 1. The van der Waals surface area contributed by atoms with Crippen LogP contribution in [0.5, 0.6) is 0 Å². The molecule has 2 heterocycles. The summed E-state index contributed by atoms with van der Waals surface area (Å²) >= 11 is 5.99. The Morgan fingerprint density at radius 3 is 3.00 bits per heavy atom. The predicted octanol–water partition coefficient (Wildman–Crippen LogP) is 2.30. The number of carbonyl (C=O) groups excluding carboxylic acids is 1. The van der Waals surface area contributed by atoms with Gasteiger partial charge in [-0.05, 0) is 31.4 Å². The zero-order valence-corrected chi connectivity index (χ0v) is 11.5. The molecule has 3 nitrogen and oxygen atoms in total. The topological polar surface area (TPSA) is 32.3 Å². The minimum atomic E-state index is -0.542. The Labute approximate surface area is 116 Å². The molecule has 1 aromatic carbocycles. The number of amides is 1. The zero-order valence-electron chi connectivity index (χ0n) is 10.7. The summed E-state index contributed by atoms with van der Waals surface area (Å²) < 4.78 is 13.9. The van der Waals surface area contributed by atoms with Crippen molar-refractivity contribution in [2.75, 3.05) is 13.1 Å². The van der Waals surface area contributed by atoms with Crippen molar-refractivity contribution in [2.45, 2.75) is 25.4 Å². The highest BCUT2D eigenvalue weighted by molar-refractivity contribution is 6.33. The third-order valence-corrected chi connectivity index (χ3v) is 4.51. The van der Waals surface area contributed by atoms with Crippen molar-refractivity contribution in [2.24, 2.45) is 5.92 Å². The maximum Gasteiger partial charge on any atom is 0.258 e. The average molecular weight is 283 g/mol. The second-order valence-electron chi connectivity index (χ2n) is 5.38. The zero-order chi connectivity index (χ0) is 13.6. The highest BCUT2D eigenvalue weighted by Crippen LogP contribution is 2.34. The van der Waals surface area contributed by atoms with Crippen LogP contribution in [0, 0.1) is 11.7 Å². The Hall–Kier alpha value is -1.13. The van der Waals surface area contributed by atoms with Gasteiger partial charge in [0.1, 0.15) is 5.82 Å². The number of nitrogens with zero attached hydrogens (tertiary/aromatic N) is 1. The molecule has 3 atom stereocenters. The van der Waals surface area contributed by atoms with Gasteiger partial charge in [0.25, 0.3) is 5.91 Å². The van der Waals surface area contributed by atoms with Crippen LogP contribution in [0.3, 0.4) is 0 Å². The Morgan fingerprint density at radius 1 is 1.47 bits per heavy atom. The van der Waals surface area contributed by atoms with E-state index in [-0.39, 0.29) is 28.6 Å². The summed E-state index contributed by atoms with van der Waals surface area (Å²) in [7, 11) is 0. The van der Waals surface area contributed by atoms with E-state index in [1.165, 1.54) is 12.1 Å². The van der Waals surface area contributed by atoms with Crippen molar-refractivity contribution >= 4 is 17.5 Å². The van der Waals surface area contributed by atoms with Crippen molar-refractivity contribution in [1.82, 2.24) is 10.2 Å². The van der Waals surface area contributed by atoms with Crippen LogP contribution >= 0.6 is 11.6 Å². The first-order valence-electron chi connectivity index (χ1n) is 6.57. The molecule has 2 saturated heterocycles. The first kappa shape index (κ1) is 12.9. The summed E-state index contributed by atoms with van der Waals surface area (Å²) in [5, 5.41) is 3.48. The second kappa shape index (κ2) is 4.76. The van der Waals surface area contributed by atoms with Gasteiger partial charge in [0.2, 0.25) is 0 Å². The lowest BCUT2D eigenvalue weighted by Gasteiger charge is -2.28. The molecule has 102 valence electrons. The molecule has 3 rings (SSSR count). The van der Waals surface area contributed by atoms with Crippen LogP contribution in [0.2, 0.25) is 5.02 Å². The molecule has 0 bridgehead atoms. The lowest BCUT2D eigenvalue weighted by molar-refractivity contribution is 0.0677. The number of halogens is 2. The molecule has 0 radical (unpaired) electrons. The van der Waals surface area contributed by atoms with E-state index in [4.69, 9.17) is 11.6 Å². The molecule has 2 aliphatic heterocycles. The third-order valence-electron chi connectivity index (χ3n) is 4.19. The molecule has 0 spiro atoms. The summed E-state index contributed by atoms with van der Waals surface area (Å²) in [6.45, 7) is 3.74. The molecule has 0 aliphatic carbocycles. The van der Waals surface area contributed by atoms with Crippen LogP contribution < -0.4 is 5.32 Å². The van der Waals surface area contributed by atoms with Crippen LogP contribution in [0.15, 0.2) is 18.2 Å². The number of carbonyl (C=O) groups is 1. The number of hydrogen-bond donors (Lipinski definition) is 1. The lowest BCUT2D eigenvalue weighted by Crippen LogP contribution is -2.43. The Bertz CT molecular complexity index is 502. The van der Waals surface area contributed by atoms with Gasteiger partial charge in [-0.1, -0.05) is 17.7 Å². The standard InChI is InChI=1S/C14H16ClFN2O/c1-8-5-9-6-17-7-12(9)18(8)14(19)13-10(15)3-2-4-11(13)16/h2-4,8-9,12,17H,5-7H2,1H3. The maximum absolute atomic E-state index is 13.9. The highest BCUT2D eigenvalue weighted by Gasteiger charge is 2.45. The average Bonchev–Trinajstić information content (AvgIpc) is 2.87. The van der Waals surface area contributed by atoms with Crippen LogP contribution in [0.4, 0.5) is 4.39 Å². The van der Waals surface area contributed by atoms with E-state index in [2.05, 4.69) is 5.32 Å². The van der Waals surface area contributed by atoms with Gasteiger partial charge >= 0.3 is 0 Å². The van der Waals surface area contributed by atoms with E-state index in [1.807, 2.05) is 6.92 Å². The number of likely N-dealkylation sites (tertiary alicyclic amines) is 1. The van der Waals surface area contributed by atoms with Gasteiger partial charge in [-0.2, -0.15) is 0 Å². The fourth-order valence-electron chi connectivity index (χ4n) is 3.35. The van der Waals surface area contributed by atoms with E-state index in [0.717, 1.165) is 19.5 Å². The van der Waals surface area contributed by atoms with Gasteiger partial charge in [0.05, 0.1) is 10.6 Å². The first-order valence-corrected chi connectivity index (χ1v) is 6.94. The molecule has 1 aromatic rings. The van der Waals surface area contributed by atoms with Crippen LogP contribution in [0.1, 0.15) is 23.7 Å². The molecular formula is C14H16ClFN2O. The number of benzene rings is 1. The molecule has 5 heteroatoms. The minimum absolute atomic E-state index is 0.00330. The number of fused-ring (bicyclic) bond motifs is 1. The van der Waals surface area contributed by atoms with Gasteiger partial charge in [0.15, 0.2) is 0 Å². The van der Waals surface area contributed by atoms with Gasteiger partial charge < -0.3 is 10.2 Å². The van der Waals surface area contributed by atoms with E-state index in [9.17, 15) is 9.18 Å². The van der Waals surface area contributed by atoms with Crippen molar-refractivity contribution in [3.8, 4) is 0 Å². The van der Waals surface area contributed by atoms with Crippen LogP contribution in [0.25, 0.3) is 0 Å². The highest BCUT2D eigenvalue weighted by atomic mass is 35.5. The normalized spacial score (nSPS) is 29.6. The molecule has 3 unspecified atom stereocenters. The predicted molar refractivity (Wildman–Crippen MR) is 71.8 cm³/mol. The summed E-state index contributed by atoms with van der Waals surface area (Å²) in [4.78, 5) is 14.4. The van der Waals surface area contributed by atoms with E-state index >= 15 is 0 Å². The molecule has 2 fully saturated rings. The van der Waals surface area contributed by atoms with E-state index < -0.39 is 5.82 Å². The lowest BCUT2D eigenvalue weighted by atomic mass is 10.0. The Morgan fingerprint density at radius 2 is 2.26 bits per heavy atom. The van der Waals surface area contributed by atoms with Gasteiger partial charge in [-0.3, -0.25) is 4.79 Å². The molecule has 0 aromatic heterocycles. The van der Waals surface area contributed by atoms with Gasteiger partial charge in [-0.25, -0.2) is 4.39 Å². The Kier molecular flexibility index (Phi) is 3.23. The maximum atomic E-state index is 13.9. The van der Waals surface area contributed by atoms with Crippen molar-refractivity contribution in [1.29, 1.82) is 0 Å². The van der Waals surface area contributed by atoms with Crippen LogP contribution in [-0.4, -0.2) is 36.0 Å². The molecule has 2 aliphatic rings. The smallest absolute Gasteiger partial charge is 0.258 e. The van der Waals surface area contributed by atoms with Gasteiger partial charge in [-0.15, -0.1) is 0 Å². The quantitative estimate of drug-likeness (QED) is 0.857. The summed E-state index contributed by atoms with van der Waals surface area (Å²) in [5.74, 6) is -0.351. The van der Waals surface area contributed by atoms with Crippen molar-refractivity contribution in [3.05, 3.63) is 34.6 Å². The molecular weight excluding hydrogens is 267 g/mol. The van der Waals surface area contributed by atoms with E-state index in [1.54, 1.807) is 11.0 Å². The molecule has 1 amide bonds. The van der Waals surface area contributed by atoms with E-state index in [0.29, 0.717) is 5.92 Å². The molecule has 0 saturated carbocycles. The summed E-state index contributed by atoms with van der Waals surface area (Å²) in [6.07, 6.45) is 0.968. The third kappa shape index (κ3) is 2.03. The first-order chi connectivity index (χ1) is 9.09. The summed E-state index contributed by atoms with van der Waals surface area (Å²) in [5.41, 5.74) is 0.00330. The molecule has 1 N–H and O–H groups in total. The SMILES string of the molecule is CC1CC2CNCC2N1C(=O)c1c(F)cccc1Cl. The van der Waals surface area contributed by atoms with Crippen molar-refractivity contribution in [3.63, 3.8) is 0 Å². The fraction of sp³-hybridized carbons (Fsp3) is 0.500. The minimum Gasteiger partial charge on any atom is -0.331 e. The monoisotopic (exact) mass is 282 g/mol. The summed E-state index contributed by atoms with van der Waals surface area (Å²) in [6, 6.07) is 4.66. The number of hydrogen-bond acceptors (Lipinski definition) is 2. The fourth-order valence-corrected chi connectivity index (χ4v) is 3.59. The second-order valence-corrected chi connectivity index (χ2v) is 5.79. The van der Waals surface area contributed by atoms with Gasteiger partial charge in [0, 0.05) is 25.2 Å². The van der Waals surface area contributed by atoms with Crippen LogP contribution in [-0.2, 0) is 0 Å². The Balaban J connectivity index is 1.95. The van der Waals surface area contributed by atoms with Crippen molar-refractivity contribution < 1.29 is 9.18 Å². The molecule has 19 heavy (non-hydrogen) atoms. The largest absolute Gasteiger partial charge is 0.331 e. The number of nitrogens with one attached hydrogen (secondary N) is 1.